The molecule has 0 spiro atoms. The molecule has 0 aliphatic carbocycles. The Hall–Kier alpha value is -0.720. The molecule has 0 radical (unpaired) electrons. The molecule has 0 amide bonds. The fourth-order valence-corrected chi connectivity index (χ4v) is 3.32. The van der Waals surface area contributed by atoms with Crippen molar-refractivity contribution in [2.45, 2.75) is 22.9 Å². The maximum atomic E-state index is 5.85. The highest BCUT2D eigenvalue weighted by Crippen LogP contribution is 2.22. The monoisotopic (exact) mass is 314 g/mol. The van der Waals surface area contributed by atoms with Gasteiger partial charge in [0.15, 0.2) is 0 Å². The van der Waals surface area contributed by atoms with Crippen LogP contribution in [0.25, 0.3) is 0 Å². The van der Waals surface area contributed by atoms with E-state index in [9.17, 15) is 0 Å². The number of benzene rings is 1. The van der Waals surface area contributed by atoms with Gasteiger partial charge in [-0.05, 0) is 53.3 Å². The van der Waals surface area contributed by atoms with Gasteiger partial charge >= 0.3 is 0 Å². The second-order valence-electron chi connectivity index (χ2n) is 3.94. The zero-order valence-corrected chi connectivity index (χ0v) is 13.0. The van der Waals surface area contributed by atoms with Crippen LogP contribution in [0.4, 0.5) is 0 Å². The first-order valence-corrected chi connectivity index (χ1v) is 8.34. The summed E-state index contributed by atoms with van der Waals surface area (Å²) in [5.74, 6) is 2.18. The summed E-state index contributed by atoms with van der Waals surface area (Å²) in [4.78, 5) is 1.27. The van der Waals surface area contributed by atoms with Crippen molar-refractivity contribution in [2.75, 3.05) is 11.5 Å². The smallest absolute Gasteiger partial charge is 0.209 e. The maximum absolute atomic E-state index is 5.85. The number of aromatic nitrogens is 4. The molecule has 1 aromatic heterocycles. The van der Waals surface area contributed by atoms with Crippen molar-refractivity contribution in [3.8, 4) is 0 Å². The van der Waals surface area contributed by atoms with Crippen LogP contribution in [0.15, 0.2) is 34.3 Å². The van der Waals surface area contributed by atoms with E-state index in [0.717, 1.165) is 28.1 Å². The number of aryl methyl sites for hydroxylation is 1. The second kappa shape index (κ2) is 7.77. The standard InChI is InChI=1S/C12H15ClN4S2/c1-17-12(14-15-16-17)19-9-3-2-8-18-11-6-4-10(13)5-7-11/h4-7H,2-3,8-9H2,1H3. The summed E-state index contributed by atoms with van der Waals surface area (Å²) in [7, 11) is 1.86. The molecule has 19 heavy (non-hydrogen) atoms. The number of hydrogen-bond acceptors (Lipinski definition) is 5. The van der Waals surface area contributed by atoms with Crippen LogP contribution in [0.5, 0.6) is 0 Å². The SMILES string of the molecule is Cn1nnnc1SCCCCSc1ccc(Cl)cc1. The third-order valence-electron chi connectivity index (χ3n) is 2.43. The normalized spacial score (nSPS) is 10.8. The first-order chi connectivity index (χ1) is 9.25. The van der Waals surface area contributed by atoms with Gasteiger partial charge in [0, 0.05) is 22.7 Å². The summed E-state index contributed by atoms with van der Waals surface area (Å²) in [5, 5.41) is 13.0. The van der Waals surface area contributed by atoms with Gasteiger partial charge in [0.2, 0.25) is 5.16 Å². The van der Waals surface area contributed by atoms with Crippen LogP contribution in [-0.2, 0) is 7.05 Å². The number of unbranched alkanes of at least 4 members (excludes halogenated alkanes) is 1. The van der Waals surface area contributed by atoms with Crippen LogP contribution in [0.2, 0.25) is 5.02 Å². The maximum Gasteiger partial charge on any atom is 0.209 e. The van der Waals surface area contributed by atoms with Gasteiger partial charge in [0.25, 0.3) is 0 Å². The van der Waals surface area contributed by atoms with E-state index < -0.39 is 0 Å². The Bertz CT molecular complexity index is 501. The van der Waals surface area contributed by atoms with E-state index in [4.69, 9.17) is 11.6 Å². The van der Waals surface area contributed by atoms with Crippen molar-refractivity contribution >= 4 is 35.1 Å². The number of halogens is 1. The van der Waals surface area contributed by atoms with Crippen molar-refractivity contribution in [3.05, 3.63) is 29.3 Å². The molecular formula is C12H15ClN4S2. The van der Waals surface area contributed by atoms with Gasteiger partial charge in [-0.15, -0.1) is 16.9 Å². The Morgan fingerprint density at radius 3 is 2.42 bits per heavy atom. The minimum atomic E-state index is 0.790. The average molecular weight is 315 g/mol. The molecule has 2 rings (SSSR count). The Morgan fingerprint density at radius 1 is 1.11 bits per heavy atom. The Labute approximate surface area is 126 Å². The third-order valence-corrected chi connectivity index (χ3v) is 4.88. The summed E-state index contributed by atoms with van der Waals surface area (Å²) in [5.41, 5.74) is 0. The molecule has 2 aromatic rings. The van der Waals surface area contributed by atoms with Crippen LogP contribution < -0.4 is 0 Å². The molecule has 0 atom stereocenters. The van der Waals surface area contributed by atoms with Crippen LogP contribution in [-0.4, -0.2) is 31.7 Å². The highest BCUT2D eigenvalue weighted by Gasteiger charge is 2.02. The number of hydrogen-bond donors (Lipinski definition) is 0. The molecule has 0 saturated carbocycles. The first-order valence-electron chi connectivity index (χ1n) is 5.99. The summed E-state index contributed by atoms with van der Waals surface area (Å²) in [6, 6.07) is 7.99. The lowest BCUT2D eigenvalue weighted by Gasteiger charge is -2.02. The lowest BCUT2D eigenvalue weighted by Crippen LogP contribution is -1.94. The van der Waals surface area contributed by atoms with Gasteiger partial charge in [0.1, 0.15) is 0 Å². The van der Waals surface area contributed by atoms with Gasteiger partial charge in [0.05, 0.1) is 0 Å². The Morgan fingerprint density at radius 2 is 1.79 bits per heavy atom. The molecule has 0 fully saturated rings. The third kappa shape index (κ3) is 5.04. The van der Waals surface area contributed by atoms with Gasteiger partial charge in [-0.1, -0.05) is 23.4 Å². The van der Waals surface area contributed by atoms with Crippen LogP contribution in [0, 0.1) is 0 Å². The minimum Gasteiger partial charge on any atom is -0.224 e. The molecule has 1 heterocycles. The number of nitrogens with zero attached hydrogens (tertiary/aromatic N) is 4. The highest BCUT2D eigenvalue weighted by molar-refractivity contribution is 7.99. The zero-order valence-electron chi connectivity index (χ0n) is 10.6. The van der Waals surface area contributed by atoms with E-state index in [1.807, 2.05) is 30.9 Å². The summed E-state index contributed by atoms with van der Waals surface area (Å²) < 4.78 is 1.70. The predicted octanol–water partition coefficient (Wildman–Crippen LogP) is 3.53. The molecule has 0 aliphatic heterocycles. The lowest BCUT2D eigenvalue weighted by atomic mass is 10.4. The van der Waals surface area contributed by atoms with Crippen LogP contribution >= 0.6 is 35.1 Å². The molecule has 0 bridgehead atoms. The van der Waals surface area contributed by atoms with E-state index >= 15 is 0 Å². The number of thioether (sulfide) groups is 2. The second-order valence-corrected chi connectivity index (χ2v) is 6.61. The van der Waals surface area contributed by atoms with E-state index in [1.54, 1.807) is 16.4 Å². The number of rotatable bonds is 7. The van der Waals surface area contributed by atoms with Gasteiger partial charge in [-0.25, -0.2) is 4.68 Å². The largest absolute Gasteiger partial charge is 0.224 e. The molecule has 4 nitrogen and oxygen atoms in total. The summed E-state index contributed by atoms with van der Waals surface area (Å²) in [6.07, 6.45) is 2.35. The Balaban J connectivity index is 1.57. The Kier molecular flexibility index (Phi) is 6.00. The molecule has 7 heteroatoms. The van der Waals surface area contributed by atoms with E-state index in [-0.39, 0.29) is 0 Å². The van der Waals surface area contributed by atoms with Crippen molar-refractivity contribution in [3.63, 3.8) is 0 Å². The van der Waals surface area contributed by atoms with Crippen molar-refractivity contribution in [1.82, 2.24) is 20.2 Å². The quantitative estimate of drug-likeness (QED) is 0.578. The molecule has 102 valence electrons. The van der Waals surface area contributed by atoms with Crippen LogP contribution in [0.1, 0.15) is 12.8 Å². The van der Waals surface area contributed by atoms with Gasteiger partial charge < -0.3 is 0 Å². The molecular weight excluding hydrogens is 300 g/mol. The fraction of sp³-hybridized carbons (Fsp3) is 0.417. The average Bonchev–Trinajstić information content (AvgIpc) is 2.81. The van der Waals surface area contributed by atoms with Gasteiger partial charge in [-0.2, -0.15) is 0 Å². The predicted molar refractivity (Wildman–Crippen MR) is 80.9 cm³/mol. The van der Waals surface area contributed by atoms with Crippen molar-refractivity contribution in [1.29, 1.82) is 0 Å². The summed E-state index contributed by atoms with van der Waals surface area (Å²) in [6.45, 7) is 0. The van der Waals surface area contributed by atoms with E-state index in [2.05, 4.69) is 27.7 Å². The summed E-state index contributed by atoms with van der Waals surface area (Å²) >= 11 is 9.41. The van der Waals surface area contributed by atoms with E-state index in [0.29, 0.717) is 0 Å². The lowest BCUT2D eigenvalue weighted by molar-refractivity contribution is 0.664. The fourth-order valence-electron chi connectivity index (χ4n) is 1.43. The van der Waals surface area contributed by atoms with Crippen molar-refractivity contribution < 1.29 is 0 Å². The van der Waals surface area contributed by atoms with Crippen LogP contribution in [0.3, 0.4) is 0 Å². The topological polar surface area (TPSA) is 43.6 Å². The minimum absolute atomic E-state index is 0.790. The molecule has 0 aliphatic rings. The molecule has 1 aromatic carbocycles. The highest BCUT2D eigenvalue weighted by atomic mass is 35.5. The molecule has 0 N–H and O–H groups in total. The number of tetrazole rings is 1. The first kappa shape index (κ1) is 14.7. The van der Waals surface area contributed by atoms with Crippen molar-refractivity contribution in [2.24, 2.45) is 7.05 Å². The van der Waals surface area contributed by atoms with E-state index in [1.165, 1.54) is 11.3 Å². The van der Waals surface area contributed by atoms with Gasteiger partial charge in [-0.3, -0.25) is 0 Å². The molecule has 0 unspecified atom stereocenters. The molecule has 0 saturated heterocycles. The zero-order chi connectivity index (χ0) is 13.5.